The lowest BCUT2D eigenvalue weighted by molar-refractivity contribution is -0.136. The zero-order chi connectivity index (χ0) is 18.7. The summed E-state index contributed by atoms with van der Waals surface area (Å²) in [6.07, 6.45) is 2.50. The number of anilines is 1. The summed E-state index contributed by atoms with van der Waals surface area (Å²) in [6.45, 7) is 4.39. The summed E-state index contributed by atoms with van der Waals surface area (Å²) in [5.41, 5.74) is 2.02. The third-order valence-electron chi connectivity index (χ3n) is 5.24. The number of nitrogens with zero attached hydrogens (tertiary/aromatic N) is 4. The third-order valence-corrected chi connectivity index (χ3v) is 5.24. The molecule has 0 bridgehead atoms. The molecule has 0 atom stereocenters. The first-order valence-electron chi connectivity index (χ1n) is 9.13. The number of ether oxygens (including phenoxy) is 1. The highest BCUT2D eigenvalue weighted by atomic mass is 16.5. The van der Waals surface area contributed by atoms with Gasteiger partial charge in [-0.15, -0.1) is 0 Å². The zero-order valence-electron chi connectivity index (χ0n) is 15.7. The molecular formula is C18H27N5O3. The Kier molecular flexibility index (Phi) is 5.70. The number of carbonyl (C=O) groups excluding carboxylic acids is 2. The summed E-state index contributed by atoms with van der Waals surface area (Å²) >= 11 is 0. The SMILES string of the molecule is CNc1nc(C2CCN(C(C)=O)CC2)nc2c1CN(C(=O)COC)CC2. The zero-order valence-corrected chi connectivity index (χ0v) is 15.7. The minimum atomic E-state index is -0.0131. The fourth-order valence-corrected chi connectivity index (χ4v) is 3.70. The normalized spacial score (nSPS) is 17.8. The Bertz CT molecular complexity index is 668. The summed E-state index contributed by atoms with van der Waals surface area (Å²) in [5.74, 6) is 2.05. The van der Waals surface area contributed by atoms with Gasteiger partial charge < -0.3 is 19.9 Å². The van der Waals surface area contributed by atoms with Gasteiger partial charge in [0, 0.05) is 58.6 Å². The molecule has 2 aliphatic heterocycles. The van der Waals surface area contributed by atoms with E-state index in [2.05, 4.69) is 5.32 Å². The van der Waals surface area contributed by atoms with Gasteiger partial charge in [-0.1, -0.05) is 0 Å². The molecule has 1 aromatic rings. The van der Waals surface area contributed by atoms with Crippen molar-refractivity contribution in [2.24, 2.45) is 0 Å². The van der Waals surface area contributed by atoms with Crippen LogP contribution >= 0.6 is 0 Å². The molecule has 3 heterocycles. The number of rotatable bonds is 4. The number of fused-ring (bicyclic) bond motifs is 1. The van der Waals surface area contributed by atoms with E-state index in [1.54, 1.807) is 11.8 Å². The van der Waals surface area contributed by atoms with Crippen molar-refractivity contribution in [1.82, 2.24) is 19.8 Å². The molecule has 0 spiro atoms. The first-order valence-corrected chi connectivity index (χ1v) is 9.13. The number of methoxy groups -OCH3 is 1. The van der Waals surface area contributed by atoms with E-state index >= 15 is 0 Å². The highest BCUT2D eigenvalue weighted by molar-refractivity contribution is 5.78. The molecule has 26 heavy (non-hydrogen) atoms. The molecule has 1 saturated heterocycles. The Balaban J connectivity index is 1.78. The molecule has 8 heteroatoms. The molecule has 1 N–H and O–H groups in total. The lowest BCUT2D eigenvalue weighted by Gasteiger charge is -2.32. The van der Waals surface area contributed by atoms with Crippen molar-refractivity contribution in [2.45, 2.75) is 38.6 Å². The van der Waals surface area contributed by atoms with Gasteiger partial charge in [-0.2, -0.15) is 0 Å². The van der Waals surface area contributed by atoms with E-state index in [0.717, 1.165) is 55.3 Å². The Morgan fingerprint density at radius 3 is 2.54 bits per heavy atom. The van der Waals surface area contributed by atoms with E-state index in [9.17, 15) is 9.59 Å². The van der Waals surface area contributed by atoms with Crippen LogP contribution in [0.3, 0.4) is 0 Å². The smallest absolute Gasteiger partial charge is 0.248 e. The molecule has 1 fully saturated rings. The summed E-state index contributed by atoms with van der Waals surface area (Å²) < 4.78 is 4.96. The van der Waals surface area contributed by atoms with Crippen molar-refractivity contribution < 1.29 is 14.3 Å². The number of hydrogen-bond donors (Lipinski definition) is 1. The monoisotopic (exact) mass is 361 g/mol. The van der Waals surface area contributed by atoms with Crippen molar-refractivity contribution in [3.05, 3.63) is 17.1 Å². The van der Waals surface area contributed by atoms with Crippen molar-refractivity contribution in [3.63, 3.8) is 0 Å². The van der Waals surface area contributed by atoms with Crippen molar-refractivity contribution in [3.8, 4) is 0 Å². The Morgan fingerprint density at radius 2 is 1.92 bits per heavy atom. The summed E-state index contributed by atoms with van der Waals surface area (Å²) in [4.78, 5) is 36.9. The van der Waals surface area contributed by atoms with E-state index in [4.69, 9.17) is 14.7 Å². The largest absolute Gasteiger partial charge is 0.375 e. The highest BCUT2D eigenvalue weighted by Gasteiger charge is 2.29. The second-order valence-corrected chi connectivity index (χ2v) is 6.88. The first-order chi connectivity index (χ1) is 12.5. The predicted molar refractivity (Wildman–Crippen MR) is 96.8 cm³/mol. The molecule has 2 aliphatic rings. The predicted octanol–water partition coefficient (Wildman–Crippen LogP) is 0.775. The Labute approximate surface area is 153 Å². The molecule has 1 aromatic heterocycles. The molecule has 0 saturated carbocycles. The summed E-state index contributed by atoms with van der Waals surface area (Å²) in [6, 6.07) is 0. The Morgan fingerprint density at radius 1 is 1.19 bits per heavy atom. The van der Waals surface area contributed by atoms with Gasteiger partial charge in [-0.3, -0.25) is 9.59 Å². The van der Waals surface area contributed by atoms with Crippen LogP contribution in [0.15, 0.2) is 0 Å². The number of likely N-dealkylation sites (tertiary alicyclic amines) is 1. The number of nitrogens with one attached hydrogen (secondary N) is 1. The molecule has 0 aliphatic carbocycles. The third kappa shape index (κ3) is 3.80. The van der Waals surface area contributed by atoms with Crippen molar-refractivity contribution in [1.29, 1.82) is 0 Å². The van der Waals surface area contributed by atoms with Crippen LogP contribution in [0.1, 0.15) is 42.8 Å². The van der Waals surface area contributed by atoms with E-state index in [-0.39, 0.29) is 24.3 Å². The van der Waals surface area contributed by atoms with Gasteiger partial charge in [0.1, 0.15) is 18.2 Å². The van der Waals surface area contributed by atoms with Gasteiger partial charge in [0.15, 0.2) is 0 Å². The molecule has 0 unspecified atom stereocenters. The first kappa shape index (κ1) is 18.6. The number of carbonyl (C=O) groups is 2. The molecule has 0 aromatic carbocycles. The van der Waals surface area contributed by atoms with Crippen LogP contribution in [-0.4, -0.2) is 72.0 Å². The van der Waals surface area contributed by atoms with Crippen LogP contribution < -0.4 is 5.32 Å². The standard InChI is InChI=1S/C18H27N5O3/c1-12(24)22-7-4-13(5-8-22)17-20-15-6-9-23(16(25)11-26-3)10-14(15)18(19-2)21-17/h13H,4-11H2,1-3H3,(H,19,20,21). The topological polar surface area (TPSA) is 87.7 Å². The van der Waals surface area contributed by atoms with Crippen LogP contribution in [-0.2, 0) is 27.3 Å². The van der Waals surface area contributed by atoms with Gasteiger partial charge in [-0.25, -0.2) is 9.97 Å². The van der Waals surface area contributed by atoms with Gasteiger partial charge in [0.05, 0.1) is 12.2 Å². The fraction of sp³-hybridized carbons (Fsp3) is 0.667. The molecule has 3 rings (SSSR count). The molecule has 0 radical (unpaired) electrons. The van der Waals surface area contributed by atoms with Gasteiger partial charge >= 0.3 is 0 Å². The Hall–Kier alpha value is -2.22. The molecule has 8 nitrogen and oxygen atoms in total. The maximum Gasteiger partial charge on any atom is 0.248 e. The van der Waals surface area contributed by atoms with E-state index in [1.165, 1.54) is 7.11 Å². The second-order valence-electron chi connectivity index (χ2n) is 6.88. The minimum Gasteiger partial charge on any atom is -0.375 e. The second kappa shape index (κ2) is 7.99. The average Bonchev–Trinajstić information content (AvgIpc) is 2.66. The van der Waals surface area contributed by atoms with E-state index in [1.807, 2.05) is 11.9 Å². The number of hydrogen-bond acceptors (Lipinski definition) is 6. The van der Waals surface area contributed by atoms with E-state index in [0.29, 0.717) is 13.1 Å². The molecule has 142 valence electrons. The molecule has 2 amide bonds. The van der Waals surface area contributed by atoms with Gasteiger partial charge in [0.2, 0.25) is 11.8 Å². The summed E-state index contributed by atoms with van der Waals surface area (Å²) in [7, 11) is 3.38. The van der Waals surface area contributed by atoms with Crippen molar-refractivity contribution >= 4 is 17.6 Å². The van der Waals surface area contributed by atoms with Crippen LogP contribution in [0.4, 0.5) is 5.82 Å². The van der Waals surface area contributed by atoms with Gasteiger partial charge in [0.25, 0.3) is 0 Å². The number of amides is 2. The van der Waals surface area contributed by atoms with Crippen LogP contribution in [0, 0.1) is 0 Å². The van der Waals surface area contributed by atoms with Crippen LogP contribution in [0.2, 0.25) is 0 Å². The maximum atomic E-state index is 12.1. The lowest BCUT2D eigenvalue weighted by Crippen LogP contribution is -2.39. The quantitative estimate of drug-likeness (QED) is 0.853. The number of piperidine rings is 1. The van der Waals surface area contributed by atoms with E-state index < -0.39 is 0 Å². The lowest BCUT2D eigenvalue weighted by atomic mass is 9.95. The van der Waals surface area contributed by atoms with Crippen LogP contribution in [0.5, 0.6) is 0 Å². The highest BCUT2D eigenvalue weighted by Crippen LogP contribution is 2.30. The average molecular weight is 361 g/mol. The molecular weight excluding hydrogens is 334 g/mol. The fourth-order valence-electron chi connectivity index (χ4n) is 3.70. The van der Waals surface area contributed by atoms with Gasteiger partial charge in [-0.05, 0) is 12.8 Å². The van der Waals surface area contributed by atoms with Crippen molar-refractivity contribution in [2.75, 3.05) is 45.7 Å². The maximum absolute atomic E-state index is 12.1. The summed E-state index contributed by atoms with van der Waals surface area (Å²) in [5, 5.41) is 3.17. The number of aromatic nitrogens is 2. The van der Waals surface area contributed by atoms with Crippen LogP contribution in [0.25, 0.3) is 0 Å². The minimum absolute atomic E-state index is 0.0131.